The maximum atomic E-state index is 13.7. The number of hydrogen-bond donors (Lipinski definition) is 1. The Hall–Kier alpha value is -1.88. The maximum absolute atomic E-state index is 13.7. The van der Waals surface area contributed by atoms with Crippen LogP contribution in [-0.4, -0.2) is 0 Å². The van der Waals surface area contributed by atoms with Gasteiger partial charge in [-0.05, 0) is 35.4 Å². The SMILES string of the molecule is NCc1ccc(F)c(-c2cccc(C(F)(F)F)c2)c1. The van der Waals surface area contributed by atoms with Crippen LogP contribution in [0, 0.1) is 5.82 Å². The summed E-state index contributed by atoms with van der Waals surface area (Å²) in [5.41, 5.74) is 5.60. The second-order valence-electron chi connectivity index (χ2n) is 4.10. The zero-order valence-electron chi connectivity index (χ0n) is 9.84. The quantitative estimate of drug-likeness (QED) is 0.820. The second-order valence-corrected chi connectivity index (χ2v) is 4.10. The van der Waals surface area contributed by atoms with E-state index in [1.165, 1.54) is 30.3 Å². The monoisotopic (exact) mass is 269 g/mol. The van der Waals surface area contributed by atoms with Gasteiger partial charge < -0.3 is 5.73 Å². The number of nitrogens with two attached hydrogens (primary N) is 1. The maximum Gasteiger partial charge on any atom is 0.416 e. The van der Waals surface area contributed by atoms with Crippen molar-refractivity contribution in [1.29, 1.82) is 0 Å². The summed E-state index contributed by atoms with van der Waals surface area (Å²) in [6.07, 6.45) is -4.45. The molecule has 0 saturated carbocycles. The van der Waals surface area contributed by atoms with Crippen LogP contribution in [0.15, 0.2) is 42.5 Å². The lowest BCUT2D eigenvalue weighted by Gasteiger charge is -2.10. The molecule has 0 heterocycles. The Kier molecular flexibility index (Phi) is 3.57. The van der Waals surface area contributed by atoms with Crippen molar-refractivity contribution in [3.63, 3.8) is 0 Å². The third-order valence-electron chi connectivity index (χ3n) is 2.77. The van der Waals surface area contributed by atoms with Crippen LogP contribution in [0.2, 0.25) is 0 Å². The van der Waals surface area contributed by atoms with Crippen LogP contribution >= 0.6 is 0 Å². The average Bonchev–Trinajstić information content (AvgIpc) is 2.38. The molecule has 0 amide bonds. The Labute approximate surface area is 107 Å². The Morgan fingerprint density at radius 3 is 2.37 bits per heavy atom. The van der Waals surface area contributed by atoms with Crippen LogP contribution in [0.25, 0.3) is 11.1 Å². The molecule has 100 valence electrons. The lowest BCUT2D eigenvalue weighted by atomic mass is 10.0. The van der Waals surface area contributed by atoms with Crippen molar-refractivity contribution in [3.05, 3.63) is 59.4 Å². The number of hydrogen-bond acceptors (Lipinski definition) is 1. The van der Waals surface area contributed by atoms with Crippen molar-refractivity contribution in [2.45, 2.75) is 12.7 Å². The zero-order chi connectivity index (χ0) is 14.0. The van der Waals surface area contributed by atoms with Gasteiger partial charge in [0.25, 0.3) is 0 Å². The van der Waals surface area contributed by atoms with Gasteiger partial charge >= 0.3 is 6.18 Å². The molecular weight excluding hydrogens is 258 g/mol. The van der Waals surface area contributed by atoms with Gasteiger partial charge in [0.05, 0.1) is 5.56 Å². The molecule has 1 nitrogen and oxygen atoms in total. The van der Waals surface area contributed by atoms with Crippen LogP contribution in [0.5, 0.6) is 0 Å². The van der Waals surface area contributed by atoms with E-state index < -0.39 is 17.6 Å². The summed E-state index contributed by atoms with van der Waals surface area (Å²) in [4.78, 5) is 0. The van der Waals surface area contributed by atoms with E-state index >= 15 is 0 Å². The average molecular weight is 269 g/mol. The predicted molar refractivity (Wildman–Crippen MR) is 64.7 cm³/mol. The van der Waals surface area contributed by atoms with Crippen molar-refractivity contribution in [1.82, 2.24) is 0 Å². The van der Waals surface area contributed by atoms with Crippen molar-refractivity contribution >= 4 is 0 Å². The third kappa shape index (κ3) is 2.93. The third-order valence-corrected chi connectivity index (χ3v) is 2.77. The summed E-state index contributed by atoms with van der Waals surface area (Å²) in [6.45, 7) is 0.201. The number of benzene rings is 2. The van der Waals surface area contributed by atoms with Crippen molar-refractivity contribution in [2.75, 3.05) is 0 Å². The van der Waals surface area contributed by atoms with Crippen molar-refractivity contribution in [3.8, 4) is 11.1 Å². The predicted octanol–water partition coefficient (Wildman–Crippen LogP) is 3.97. The molecule has 0 fully saturated rings. The Morgan fingerprint density at radius 2 is 1.74 bits per heavy atom. The molecule has 0 saturated heterocycles. The first-order valence-corrected chi connectivity index (χ1v) is 5.58. The van der Waals surface area contributed by atoms with Gasteiger partial charge in [-0.3, -0.25) is 0 Å². The van der Waals surface area contributed by atoms with Gasteiger partial charge in [-0.25, -0.2) is 4.39 Å². The van der Waals surface area contributed by atoms with Crippen LogP contribution in [0.3, 0.4) is 0 Å². The van der Waals surface area contributed by atoms with E-state index in [2.05, 4.69) is 0 Å². The highest BCUT2D eigenvalue weighted by Crippen LogP contribution is 2.33. The highest BCUT2D eigenvalue weighted by molar-refractivity contribution is 5.65. The Morgan fingerprint density at radius 1 is 1.00 bits per heavy atom. The highest BCUT2D eigenvalue weighted by Gasteiger charge is 2.30. The van der Waals surface area contributed by atoms with E-state index in [4.69, 9.17) is 5.73 Å². The first-order valence-electron chi connectivity index (χ1n) is 5.58. The molecule has 0 aromatic heterocycles. The molecule has 2 N–H and O–H groups in total. The summed E-state index contributed by atoms with van der Waals surface area (Å²) in [7, 11) is 0. The molecule has 0 spiro atoms. The largest absolute Gasteiger partial charge is 0.416 e. The van der Waals surface area contributed by atoms with Gasteiger partial charge in [-0.1, -0.05) is 18.2 Å². The normalized spacial score (nSPS) is 11.6. The fourth-order valence-electron chi connectivity index (χ4n) is 1.78. The van der Waals surface area contributed by atoms with E-state index in [1.54, 1.807) is 0 Å². The minimum atomic E-state index is -4.45. The molecule has 0 bridgehead atoms. The molecule has 0 aliphatic heterocycles. The minimum Gasteiger partial charge on any atom is -0.326 e. The van der Waals surface area contributed by atoms with E-state index in [0.717, 1.165) is 12.1 Å². The van der Waals surface area contributed by atoms with Gasteiger partial charge in [0.2, 0.25) is 0 Å². The van der Waals surface area contributed by atoms with Crippen LogP contribution in [0.1, 0.15) is 11.1 Å². The van der Waals surface area contributed by atoms with Gasteiger partial charge in [0.15, 0.2) is 0 Å². The van der Waals surface area contributed by atoms with E-state index in [1.807, 2.05) is 0 Å². The summed E-state index contributed by atoms with van der Waals surface area (Å²) < 4.78 is 51.5. The first-order chi connectivity index (χ1) is 8.91. The number of rotatable bonds is 2. The van der Waals surface area contributed by atoms with Gasteiger partial charge in [0.1, 0.15) is 5.82 Å². The molecule has 19 heavy (non-hydrogen) atoms. The van der Waals surface area contributed by atoms with Crippen LogP contribution in [0.4, 0.5) is 17.6 Å². The molecule has 5 heteroatoms. The molecule has 0 unspecified atom stereocenters. The summed E-state index contributed by atoms with van der Waals surface area (Å²) in [6, 6.07) is 8.75. The standard InChI is InChI=1S/C14H11F4N/c15-13-5-4-9(8-19)6-12(13)10-2-1-3-11(7-10)14(16,17)18/h1-7H,8,19H2. The molecule has 0 aliphatic rings. The second kappa shape index (κ2) is 5.01. The van der Waals surface area contributed by atoms with Gasteiger partial charge in [-0.2, -0.15) is 13.2 Å². The molecular formula is C14H11F4N. The summed E-state index contributed by atoms with van der Waals surface area (Å²) >= 11 is 0. The Bertz CT molecular complexity index is 590. The molecule has 0 aliphatic carbocycles. The first kappa shape index (κ1) is 13.5. The lowest BCUT2D eigenvalue weighted by Crippen LogP contribution is -2.04. The van der Waals surface area contributed by atoms with E-state index in [0.29, 0.717) is 5.56 Å². The molecule has 0 atom stereocenters. The number of halogens is 4. The van der Waals surface area contributed by atoms with Crippen molar-refractivity contribution in [2.24, 2.45) is 5.73 Å². The molecule has 0 radical (unpaired) electrons. The van der Waals surface area contributed by atoms with Crippen LogP contribution < -0.4 is 5.73 Å². The Balaban J connectivity index is 2.53. The summed E-state index contributed by atoms with van der Waals surface area (Å²) in [5.74, 6) is -0.573. The number of alkyl halides is 3. The topological polar surface area (TPSA) is 26.0 Å². The van der Waals surface area contributed by atoms with E-state index in [-0.39, 0.29) is 17.7 Å². The summed E-state index contributed by atoms with van der Waals surface area (Å²) in [5, 5.41) is 0. The highest BCUT2D eigenvalue weighted by atomic mass is 19.4. The molecule has 2 rings (SSSR count). The fraction of sp³-hybridized carbons (Fsp3) is 0.143. The smallest absolute Gasteiger partial charge is 0.326 e. The zero-order valence-corrected chi connectivity index (χ0v) is 9.84. The van der Waals surface area contributed by atoms with Gasteiger partial charge in [-0.15, -0.1) is 0 Å². The van der Waals surface area contributed by atoms with Gasteiger partial charge in [0, 0.05) is 12.1 Å². The van der Waals surface area contributed by atoms with Crippen molar-refractivity contribution < 1.29 is 17.6 Å². The molecule has 2 aromatic rings. The fourth-order valence-corrected chi connectivity index (χ4v) is 1.78. The lowest BCUT2D eigenvalue weighted by molar-refractivity contribution is -0.137. The van der Waals surface area contributed by atoms with Crippen LogP contribution in [-0.2, 0) is 12.7 Å². The van der Waals surface area contributed by atoms with E-state index in [9.17, 15) is 17.6 Å². The minimum absolute atomic E-state index is 0.119. The molecule has 2 aromatic carbocycles.